The van der Waals surface area contributed by atoms with Crippen molar-refractivity contribution in [2.45, 2.75) is 0 Å². The largest absolute Gasteiger partial charge is 0.495 e. The molecule has 8 nitrogen and oxygen atoms in total. The Hall–Kier alpha value is -3.94. The standard InChI is InChI=1S/C28H24N2O6/c1-35-17-9-5-3-7-15(17)29-25(31)21-13-11-12-14(22(21)26(29)32)20-19(13)23-24(20)28(34)30(27(23)33)16-8-4-6-10-18(16)36-2/h3-14,19-24H,1-2H3/t13-,14+,19-,20-,21+,22-,23+,24-/m0/s1. The van der Waals surface area contributed by atoms with Crippen LogP contribution in [0.25, 0.3) is 0 Å². The Morgan fingerprint density at radius 1 is 0.556 bits per heavy atom. The Bertz CT molecular complexity index is 1330. The third kappa shape index (κ3) is 2.39. The highest BCUT2D eigenvalue weighted by Crippen LogP contribution is 2.68. The SMILES string of the molecule is COc1ccccc1N1C(=O)[C@@H]2[C@H]3C=C[C@@H]([C@@H]2C1=O)[C@@H]1[C@@H]2C(=O)N(c4ccccc4OC)C(=O)[C@@H]2[C@@H]31. The first-order chi connectivity index (χ1) is 17.5. The summed E-state index contributed by atoms with van der Waals surface area (Å²) in [6, 6.07) is 14.0. The molecule has 2 aromatic carbocycles. The van der Waals surface area contributed by atoms with Gasteiger partial charge in [-0.1, -0.05) is 36.4 Å². The van der Waals surface area contributed by atoms with Gasteiger partial charge in [-0.15, -0.1) is 0 Å². The van der Waals surface area contributed by atoms with E-state index < -0.39 is 23.7 Å². The summed E-state index contributed by atoms with van der Waals surface area (Å²) < 4.78 is 10.8. The van der Waals surface area contributed by atoms with Gasteiger partial charge in [-0.05, 0) is 47.9 Å². The summed E-state index contributed by atoms with van der Waals surface area (Å²) in [4.78, 5) is 57.2. The second-order valence-corrected chi connectivity index (χ2v) is 10.2. The molecule has 2 bridgehead atoms. The van der Waals surface area contributed by atoms with Gasteiger partial charge < -0.3 is 9.47 Å². The van der Waals surface area contributed by atoms with E-state index >= 15 is 0 Å². The summed E-state index contributed by atoms with van der Waals surface area (Å²) in [7, 11) is 3.02. The number of anilines is 2. The van der Waals surface area contributed by atoms with Crippen LogP contribution < -0.4 is 19.3 Å². The highest BCUT2D eigenvalue weighted by molar-refractivity contribution is 6.25. The van der Waals surface area contributed by atoms with Crippen molar-refractivity contribution in [1.82, 2.24) is 0 Å². The predicted octanol–water partition coefficient (Wildman–Crippen LogP) is 2.68. The van der Waals surface area contributed by atoms with Crippen LogP contribution >= 0.6 is 0 Å². The molecule has 2 aliphatic heterocycles. The van der Waals surface area contributed by atoms with Crippen LogP contribution in [0.1, 0.15) is 0 Å². The zero-order chi connectivity index (χ0) is 24.9. The van der Waals surface area contributed by atoms with Gasteiger partial charge in [0.05, 0.1) is 49.3 Å². The molecule has 4 amide bonds. The number of allylic oxidation sites excluding steroid dienone is 2. The number of fused-ring (bicyclic) bond motifs is 1. The van der Waals surface area contributed by atoms with Gasteiger partial charge in [-0.3, -0.25) is 19.2 Å². The van der Waals surface area contributed by atoms with Crippen LogP contribution in [-0.2, 0) is 19.2 Å². The fraction of sp³-hybridized carbons (Fsp3) is 0.357. The first-order valence-corrected chi connectivity index (χ1v) is 12.2. The third-order valence-corrected chi connectivity index (χ3v) is 9.00. The summed E-state index contributed by atoms with van der Waals surface area (Å²) in [6.45, 7) is 0. The van der Waals surface area contributed by atoms with Crippen LogP contribution in [-0.4, -0.2) is 37.8 Å². The lowest BCUT2D eigenvalue weighted by Gasteiger charge is -2.60. The van der Waals surface area contributed by atoms with E-state index in [1.54, 1.807) is 48.5 Å². The average molecular weight is 485 g/mol. The van der Waals surface area contributed by atoms with Gasteiger partial charge in [0, 0.05) is 0 Å². The molecule has 36 heavy (non-hydrogen) atoms. The van der Waals surface area contributed by atoms with E-state index in [1.165, 1.54) is 24.0 Å². The molecule has 8 atom stereocenters. The number of carbonyl (C=O) groups excluding carboxylic acids is 4. The molecular formula is C28H24N2O6. The van der Waals surface area contributed by atoms with Gasteiger partial charge in [0.15, 0.2) is 0 Å². The summed E-state index contributed by atoms with van der Waals surface area (Å²) in [6.07, 6.45) is 4.01. The third-order valence-electron chi connectivity index (χ3n) is 9.00. The van der Waals surface area contributed by atoms with Crippen LogP contribution in [0.3, 0.4) is 0 Å². The number of methoxy groups -OCH3 is 2. The average Bonchev–Trinajstić information content (AvgIpc) is 3.27. The van der Waals surface area contributed by atoms with Crippen LogP contribution in [0.4, 0.5) is 11.4 Å². The maximum atomic E-state index is 13.7. The zero-order valence-electron chi connectivity index (χ0n) is 19.7. The second kappa shape index (κ2) is 7.29. The van der Waals surface area contributed by atoms with Crippen LogP contribution in [0.2, 0.25) is 0 Å². The number of imide groups is 2. The van der Waals surface area contributed by atoms with Gasteiger partial charge in [0.1, 0.15) is 11.5 Å². The number of rotatable bonds is 4. The molecule has 182 valence electrons. The van der Waals surface area contributed by atoms with Gasteiger partial charge in [0.2, 0.25) is 23.6 Å². The molecule has 2 saturated heterocycles. The van der Waals surface area contributed by atoms with E-state index in [0.717, 1.165) is 0 Å². The normalized spacial score (nSPS) is 35.5. The van der Waals surface area contributed by atoms with Crippen molar-refractivity contribution < 1.29 is 28.7 Å². The van der Waals surface area contributed by atoms with E-state index in [9.17, 15) is 19.2 Å². The zero-order valence-corrected chi connectivity index (χ0v) is 19.7. The number of benzene rings is 2. The molecule has 2 saturated carbocycles. The fourth-order valence-electron chi connectivity index (χ4n) is 7.70. The molecule has 4 fully saturated rings. The molecule has 6 aliphatic rings. The maximum Gasteiger partial charge on any atom is 0.238 e. The quantitative estimate of drug-likeness (QED) is 0.489. The van der Waals surface area contributed by atoms with Gasteiger partial charge >= 0.3 is 0 Å². The van der Waals surface area contributed by atoms with Crippen molar-refractivity contribution >= 4 is 35.0 Å². The molecule has 2 heterocycles. The molecule has 0 aromatic heterocycles. The Kier molecular flexibility index (Phi) is 4.32. The number of amides is 4. The van der Waals surface area contributed by atoms with Crippen molar-refractivity contribution in [3.8, 4) is 11.5 Å². The molecular weight excluding hydrogens is 460 g/mol. The highest BCUT2D eigenvalue weighted by Gasteiger charge is 2.75. The number of carbonyl (C=O) groups is 4. The molecule has 2 aromatic rings. The molecule has 8 rings (SSSR count). The maximum absolute atomic E-state index is 13.7. The minimum Gasteiger partial charge on any atom is -0.495 e. The van der Waals surface area contributed by atoms with Gasteiger partial charge in [-0.25, -0.2) is 9.80 Å². The highest BCUT2D eigenvalue weighted by atomic mass is 16.5. The number of para-hydroxylation sites is 4. The predicted molar refractivity (Wildman–Crippen MR) is 128 cm³/mol. The van der Waals surface area contributed by atoms with Crippen LogP contribution in [0, 0.1) is 47.3 Å². The minimum absolute atomic E-state index is 0.142. The lowest BCUT2D eigenvalue weighted by Crippen LogP contribution is -2.63. The Morgan fingerprint density at radius 3 is 1.31 bits per heavy atom. The van der Waals surface area contributed by atoms with Crippen molar-refractivity contribution in [1.29, 1.82) is 0 Å². The van der Waals surface area contributed by atoms with Crippen molar-refractivity contribution in [3.63, 3.8) is 0 Å². The van der Waals surface area contributed by atoms with Crippen molar-refractivity contribution in [2.24, 2.45) is 47.3 Å². The molecule has 0 N–H and O–H groups in total. The van der Waals surface area contributed by atoms with E-state index in [-0.39, 0.29) is 47.3 Å². The lowest BCUT2D eigenvalue weighted by atomic mass is 9.40. The first kappa shape index (κ1) is 21.4. The number of hydrogen-bond acceptors (Lipinski definition) is 6. The second-order valence-electron chi connectivity index (χ2n) is 10.2. The fourth-order valence-corrected chi connectivity index (χ4v) is 7.70. The van der Waals surface area contributed by atoms with Crippen molar-refractivity contribution in [2.75, 3.05) is 24.0 Å². The summed E-state index contributed by atoms with van der Waals surface area (Å²) in [5.74, 6) is -2.97. The number of ether oxygens (including phenoxy) is 2. The Labute approximate surface area is 207 Å². The van der Waals surface area contributed by atoms with Gasteiger partial charge in [-0.2, -0.15) is 0 Å². The molecule has 0 spiro atoms. The summed E-state index contributed by atoms with van der Waals surface area (Å²) in [5, 5.41) is 0. The minimum atomic E-state index is -0.539. The smallest absolute Gasteiger partial charge is 0.238 e. The topological polar surface area (TPSA) is 93.2 Å². The van der Waals surface area contributed by atoms with E-state index in [0.29, 0.717) is 22.9 Å². The Balaban J connectivity index is 1.26. The van der Waals surface area contributed by atoms with E-state index in [1.807, 2.05) is 12.2 Å². The summed E-state index contributed by atoms with van der Waals surface area (Å²) >= 11 is 0. The number of hydrogen-bond donors (Lipinski definition) is 0. The molecule has 8 heteroatoms. The molecule has 0 radical (unpaired) electrons. The number of nitrogens with zero attached hydrogens (tertiary/aromatic N) is 2. The molecule has 0 unspecified atom stereocenters. The van der Waals surface area contributed by atoms with Crippen LogP contribution in [0.15, 0.2) is 60.7 Å². The first-order valence-electron chi connectivity index (χ1n) is 12.2. The summed E-state index contributed by atoms with van der Waals surface area (Å²) in [5.41, 5.74) is 0.877. The van der Waals surface area contributed by atoms with E-state index in [4.69, 9.17) is 9.47 Å². The Morgan fingerprint density at radius 2 is 0.917 bits per heavy atom. The van der Waals surface area contributed by atoms with E-state index in [2.05, 4.69) is 0 Å². The lowest BCUT2D eigenvalue weighted by molar-refractivity contribution is -0.166. The van der Waals surface area contributed by atoms with Crippen LogP contribution in [0.5, 0.6) is 11.5 Å². The molecule has 4 aliphatic carbocycles. The van der Waals surface area contributed by atoms with Gasteiger partial charge in [0.25, 0.3) is 0 Å². The monoisotopic (exact) mass is 484 g/mol. The van der Waals surface area contributed by atoms with Crippen molar-refractivity contribution in [3.05, 3.63) is 60.7 Å².